The summed E-state index contributed by atoms with van der Waals surface area (Å²) >= 11 is 1.43. The van der Waals surface area contributed by atoms with Crippen molar-refractivity contribution in [2.24, 2.45) is 0 Å². The van der Waals surface area contributed by atoms with Gasteiger partial charge in [0.15, 0.2) is 5.82 Å². The van der Waals surface area contributed by atoms with Crippen LogP contribution in [0.2, 0.25) is 0 Å². The Labute approximate surface area is 144 Å². The molecule has 0 bridgehead atoms. The topological polar surface area (TPSA) is 59.8 Å². The number of thiophene rings is 1. The molecule has 1 aliphatic heterocycles. The number of aromatic nitrogens is 3. The number of carbonyl (C=O) groups is 1. The second-order valence-electron chi connectivity index (χ2n) is 5.91. The van der Waals surface area contributed by atoms with E-state index in [9.17, 15) is 4.79 Å². The van der Waals surface area contributed by atoms with Gasteiger partial charge in [-0.15, -0.1) is 21.5 Å². The lowest BCUT2D eigenvalue weighted by Crippen LogP contribution is -2.10. The van der Waals surface area contributed by atoms with Gasteiger partial charge >= 0.3 is 0 Å². The van der Waals surface area contributed by atoms with E-state index in [4.69, 9.17) is 0 Å². The number of anilines is 1. The SMILES string of the molecule is O=C(Nc1cccc(-c2nnc3n2CCCCC3)c1)c1cccs1. The summed E-state index contributed by atoms with van der Waals surface area (Å²) in [5, 5.41) is 13.6. The molecule has 0 unspecified atom stereocenters. The fraction of sp³-hybridized carbons (Fsp3) is 0.278. The van der Waals surface area contributed by atoms with Crippen LogP contribution in [0.3, 0.4) is 0 Å². The highest BCUT2D eigenvalue weighted by molar-refractivity contribution is 7.12. The summed E-state index contributed by atoms with van der Waals surface area (Å²) in [6.07, 6.45) is 4.56. The minimum Gasteiger partial charge on any atom is -0.321 e. The van der Waals surface area contributed by atoms with Crippen LogP contribution in [0, 0.1) is 0 Å². The van der Waals surface area contributed by atoms with Crippen molar-refractivity contribution >= 4 is 22.9 Å². The molecule has 0 spiro atoms. The van der Waals surface area contributed by atoms with Crippen LogP contribution in [0.15, 0.2) is 41.8 Å². The van der Waals surface area contributed by atoms with Crippen LogP contribution in [0.25, 0.3) is 11.4 Å². The summed E-state index contributed by atoms with van der Waals surface area (Å²) in [4.78, 5) is 12.9. The summed E-state index contributed by atoms with van der Waals surface area (Å²) in [6, 6.07) is 11.5. The number of carbonyl (C=O) groups excluding carboxylic acids is 1. The molecular formula is C18H18N4OS. The van der Waals surface area contributed by atoms with Crippen molar-refractivity contribution in [3.8, 4) is 11.4 Å². The van der Waals surface area contributed by atoms with Gasteiger partial charge < -0.3 is 9.88 Å². The molecule has 1 aliphatic rings. The van der Waals surface area contributed by atoms with Crippen molar-refractivity contribution in [3.63, 3.8) is 0 Å². The molecule has 122 valence electrons. The van der Waals surface area contributed by atoms with E-state index in [1.165, 1.54) is 24.2 Å². The summed E-state index contributed by atoms with van der Waals surface area (Å²) in [5.74, 6) is 1.87. The van der Waals surface area contributed by atoms with Crippen LogP contribution in [-0.4, -0.2) is 20.7 Å². The lowest BCUT2D eigenvalue weighted by molar-refractivity contribution is 0.103. The standard InChI is InChI=1S/C18H18N4OS/c23-18(15-8-5-11-24-15)19-14-7-4-6-13(12-14)17-21-20-16-9-2-1-3-10-22(16)17/h4-8,11-12H,1-3,9-10H2,(H,19,23). The van der Waals surface area contributed by atoms with Gasteiger partial charge in [-0.1, -0.05) is 24.6 Å². The van der Waals surface area contributed by atoms with Crippen molar-refractivity contribution in [2.75, 3.05) is 5.32 Å². The van der Waals surface area contributed by atoms with E-state index in [-0.39, 0.29) is 5.91 Å². The van der Waals surface area contributed by atoms with Crippen molar-refractivity contribution in [2.45, 2.75) is 32.2 Å². The maximum absolute atomic E-state index is 12.2. The number of amides is 1. The first-order valence-electron chi connectivity index (χ1n) is 8.18. The minimum absolute atomic E-state index is 0.0813. The van der Waals surface area contributed by atoms with Crippen molar-refractivity contribution in [1.82, 2.24) is 14.8 Å². The molecule has 5 nitrogen and oxygen atoms in total. The van der Waals surface area contributed by atoms with E-state index in [1.807, 2.05) is 41.8 Å². The Hall–Kier alpha value is -2.47. The Balaban J connectivity index is 1.61. The molecule has 1 amide bonds. The van der Waals surface area contributed by atoms with Gasteiger partial charge in [-0.05, 0) is 36.4 Å². The van der Waals surface area contributed by atoms with Gasteiger partial charge in [0, 0.05) is 24.2 Å². The molecule has 6 heteroatoms. The van der Waals surface area contributed by atoms with Crippen LogP contribution < -0.4 is 5.32 Å². The van der Waals surface area contributed by atoms with E-state index >= 15 is 0 Å². The number of hydrogen-bond acceptors (Lipinski definition) is 4. The van der Waals surface area contributed by atoms with Crippen molar-refractivity contribution in [1.29, 1.82) is 0 Å². The third kappa shape index (κ3) is 2.97. The first-order chi connectivity index (χ1) is 11.8. The Kier molecular flexibility index (Phi) is 4.13. The number of benzene rings is 1. The fourth-order valence-electron chi connectivity index (χ4n) is 3.04. The molecule has 0 saturated carbocycles. The maximum Gasteiger partial charge on any atom is 0.265 e. The molecule has 0 saturated heterocycles. The Morgan fingerprint density at radius 3 is 2.96 bits per heavy atom. The van der Waals surface area contributed by atoms with E-state index in [2.05, 4.69) is 20.1 Å². The predicted molar refractivity (Wildman–Crippen MR) is 95.3 cm³/mol. The number of rotatable bonds is 3. The van der Waals surface area contributed by atoms with Crippen molar-refractivity contribution < 1.29 is 4.79 Å². The van der Waals surface area contributed by atoms with Gasteiger partial charge in [0.1, 0.15) is 5.82 Å². The Morgan fingerprint density at radius 1 is 1.12 bits per heavy atom. The largest absolute Gasteiger partial charge is 0.321 e. The van der Waals surface area contributed by atoms with Gasteiger partial charge in [-0.2, -0.15) is 0 Å². The summed E-state index contributed by atoms with van der Waals surface area (Å²) in [6.45, 7) is 0.962. The number of nitrogens with zero attached hydrogens (tertiary/aromatic N) is 3. The van der Waals surface area contributed by atoms with Gasteiger partial charge in [0.25, 0.3) is 5.91 Å². The van der Waals surface area contributed by atoms with Crippen LogP contribution in [0.4, 0.5) is 5.69 Å². The smallest absolute Gasteiger partial charge is 0.265 e. The number of nitrogens with one attached hydrogen (secondary N) is 1. The van der Waals surface area contributed by atoms with E-state index < -0.39 is 0 Å². The molecule has 24 heavy (non-hydrogen) atoms. The lowest BCUT2D eigenvalue weighted by atomic mass is 10.2. The van der Waals surface area contributed by atoms with Gasteiger partial charge in [0.05, 0.1) is 4.88 Å². The number of fused-ring (bicyclic) bond motifs is 1. The van der Waals surface area contributed by atoms with Crippen molar-refractivity contribution in [3.05, 3.63) is 52.5 Å². The normalized spacial score (nSPS) is 14.0. The summed E-state index contributed by atoms with van der Waals surface area (Å²) in [5.41, 5.74) is 1.76. The number of hydrogen-bond donors (Lipinski definition) is 1. The lowest BCUT2D eigenvalue weighted by Gasteiger charge is -2.09. The van der Waals surface area contributed by atoms with Gasteiger partial charge in [0.2, 0.25) is 0 Å². The Bertz CT molecular complexity index is 854. The molecule has 0 radical (unpaired) electrons. The maximum atomic E-state index is 12.2. The molecule has 3 heterocycles. The zero-order valence-corrected chi connectivity index (χ0v) is 14.1. The third-order valence-electron chi connectivity index (χ3n) is 4.23. The molecule has 0 aliphatic carbocycles. The molecule has 1 aromatic carbocycles. The quantitative estimate of drug-likeness (QED) is 0.785. The summed E-state index contributed by atoms with van der Waals surface area (Å²) < 4.78 is 2.22. The molecule has 1 N–H and O–H groups in total. The molecule has 4 rings (SSSR count). The van der Waals surface area contributed by atoms with Gasteiger partial charge in [-0.25, -0.2) is 0 Å². The minimum atomic E-state index is -0.0813. The highest BCUT2D eigenvalue weighted by atomic mass is 32.1. The highest BCUT2D eigenvalue weighted by Crippen LogP contribution is 2.25. The van der Waals surface area contributed by atoms with E-state index in [0.717, 1.165) is 42.3 Å². The molecule has 0 fully saturated rings. The fourth-order valence-corrected chi connectivity index (χ4v) is 3.65. The first kappa shape index (κ1) is 15.1. The Morgan fingerprint density at radius 2 is 2.08 bits per heavy atom. The van der Waals surface area contributed by atoms with E-state index in [1.54, 1.807) is 0 Å². The second-order valence-corrected chi connectivity index (χ2v) is 6.86. The van der Waals surface area contributed by atoms with Crippen LogP contribution in [0.5, 0.6) is 0 Å². The summed E-state index contributed by atoms with van der Waals surface area (Å²) in [7, 11) is 0. The second kappa shape index (κ2) is 6.57. The average Bonchev–Trinajstić information content (AvgIpc) is 3.21. The monoisotopic (exact) mass is 338 g/mol. The predicted octanol–water partition coefficient (Wildman–Crippen LogP) is 3.99. The van der Waals surface area contributed by atoms with E-state index in [0.29, 0.717) is 4.88 Å². The average molecular weight is 338 g/mol. The zero-order chi connectivity index (χ0) is 16.4. The molecule has 2 aromatic heterocycles. The van der Waals surface area contributed by atoms with Crippen LogP contribution in [0.1, 0.15) is 34.8 Å². The molecule has 3 aromatic rings. The van der Waals surface area contributed by atoms with Gasteiger partial charge in [-0.3, -0.25) is 4.79 Å². The first-order valence-corrected chi connectivity index (χ1v) is 9.06. The van der Waals surface area contributed by atoms with Crippen LogP contribution in [-0.2, 0) is 13.0 Å². The van der Waals surface area contributed by atoms with Crippen LogP contribution >= 0.6 is 11.3 Å². The zero-order valence-electron chi connectivity index (χ0n) is 13.2. The third-order valence-corrected chi connectivity index (χ3v) is 5.10. The number of aryl methyl sites for hydroxylation is 1. The molecular weight excluding hydrogens is 320 g/mol. The highest BCUT2D eigenvalue weighted by Gasteiger charge is 2.16. The molecule has 0 atom stereocenters.